The first-order valence-electron chi connectivity index (χ1n) is 8.59. The van der Waals surface area contributed by atoms with Gasteiger partial charge in [-0.2, -0.15) is 0 Å². The fourth-order valence-corrected chi connectivity index (χ4v) is 1.84. The molecule has 0 aliphatic heterocycles. The van der Waals surface area contributed by atoms with E-state index in [2.05, 4.69) is 11.2 Å². The molecule has 0 aromatic carbocycles. The Morgan fingerprint density at radius 1 is 1.00 bits per heavy atom. The molecule has 0 radical (unpaired) electrons. The lowest BCUT2D eigenvalue weighted by Crippen LogP contribution is -2.44. The molecule has 0 aromatic rings. The second kappa shape index (κ2) is 10.8. The molecule has 1 unspecified atom stereocenters. The second-order valence-corrected chi connectivity index (χ2v) is 7.79. The van der Waals surface area contributed by atoms with Crippen LogP contribution in [0.4, 0.5) is 0 Å². The van der Waals surface area contributed by atoms with E-state index in [1.165, 1.54) is 0 Å². The first kappa shape index (κ1) is 23.9. The quantitative estimate of drug-likeness (QED) is 0.380. The summed E-state index contributed by atoms with van der Waals surface area (Å²) in [5.41, 5.74) is -1.32. The lowest BCUT2D eigenvalue weighted by Gasteiger charge is -2.25. The van der Waals surface area contributed by atoms with Crippen LogP contribution < -0.4 is 5.32 Å². The minimum absolute atomic E-state index is 0.0188. The van der Waals surface area contributed by atoms with Crippen LogP contribution in [-0.2, 0) is 28.6 Å². The van der Waals surface area contributed by atoms with E-state index in [4.69, 9.17) is 20.6 Å². The molecule has 1 N–H and O–H groups in total. The first-order valence-corrected chi connectivity index (χ1v) is 8.59. The van der Waals surface area contributed by atoms with E-state index in [9.17, 15) is 14.4 Å². The van der Waals surface area contributed by atoms with Gasteiger partial charge in [-0.25, -0.2) is 4.79 Å². The number of nitrogens with one attached hydrogen (secondary N) is 1. The molecule has 0 heterocycles. The molecule has 0 spiro atoms. The third-order valence-corrected chi connectivity index (χ3v) is 2.74. The second-order valence-electron chi connectivity index (χ2n) is 7.79. The highest BCUT2D eigenvalue weighted by atomic mass is 16.6. The van der Waals surface area contributed by atoms with Crippen molar-refractivity contribution in [3.05, 3.63) is 0 Å². The van der Waals surface area contributed by atoms with Gasteiger partial charge in [0.05, 0.1) is 13.0 Å². The molecule has 0 saturated heterocycles. The summed E-state index contributed by atoms with van der Waals surface area (Å²) in [5, 5.41) is 2.58. The van der Waals surface area contributed by atoms with Gasteiger partial charge in [-0.15, -0.1) is 6.42 Å². The van der Waals surface area contributed by atoms with E-state index < -0.39 is 29.2 Å². The van der Waals surface area contributed by atoms with Gasteiger partial charge in [-0.05, 0) is 48.0 Å². The monoisotopic (exact) mass is 369 g/mol. The van der Waals surface area contributed by atoms with Crippen molar-refractivity contribution in [2.24, 2.45) is 0 Å². The molecule has 1 atom stereocenters. The Morgan fingerprint density at radius 2 is 1.58 bits per heavy atom. The summed E-state index contributed by atoms with van der Waals surface area (Å²) in [6, 6.07) is -0.943. The fourth-order valence-electron chi connectivity index (χ4n) is 1.84. The van der Waals surface area contributed by atoms with Gasteiger partial charge in [0.1, 0.15) is 23.9 Å². The minimum atomic E-state index is -0.943. The smallest absolute Gasteiger partial charge is 0.329 e. The van der Waals surface area contributed by atoms with Crippen LogP contribution in [0.3, 0.4) is 0 Å². The highest BCUT2D eigenvalue weighted by Gasteiger charge is 2.28. The Balaban J connectivity index is 4.74. The number of terminal acetylenes is 1. The van der Waals surface area contributed by atoms with Crippen LogP contribution in [0.1, 0.15) is 60.8 Å². The largest absolute Gasteiger partial charge is 0.460 e. The van der Waals surface area contributed by atoms with Gasteiger partial charge < -0.3 is 19.5 Å². The van der Waals surface area contributed by atoms with E-state index in [0.29, 0.717) is 0 Å². The summed E-state index contributed by atoms with van der Waals surface area (Å²) >= 11 is 0. The number of hydrogen-bond donors (Lipinski definition) is 1. The first-order chi connectivity index (χ1) is 11.8. The Morgan fingerprint density at radius 3 is 2.08 bits per heavy atom. The van der Waals surface area contributed by atoms with Gasteiger partial charge in [0.25, 0.3) is 0 Å². The van der Waals surface area contributed by atoms with Crippen LogP contribution in [-0.4, -0.2) is 48.3 Å². The molecular formula is C19H31NO6. The van der Waals surface area contributed by atoms with Gasteiger partial charge in [-0.3, -0.25) is 9.59 Å². The predicted molar refractivity (Wildman–Crippen MR) is 97.1 cm³/mol. The van der Waals surface area contributed by atoms with E-state index in [0.717, 1.165) is 0 Å². The average Bonchev–Trinajstić information content (AvgIpc) is 2.44. The number of rotatable bonds is 9. The highest BCUT2D eigenvalue weighted by Crippen LogP contribution is 2.13. The fraction of sp³-hybridized carbons (Fsp3) is 0.737. The predicted octanol–water partition coefficient (Wildman–Crippen LogP) is 1.97. The molecule has 0 bridgehead atoms. The minimum Gasteiger partial charge on any atom is -0.460 e. The molecule has 148 valence electrons. The van der Waals surface area contributed by atoms with Gasteiger partial charge >= 0.3 is 11.9 Å². The van der Waals surface area contributed by atoms with Crippen LogP contribution in [0.5, 0.6) is 0 Å². The van der Waals surface area contributed by atoms with Gasteiger partial charge in [-0.1, -0.05) is 5.92 Å². The average molecular weight is 369 g/mol. The Kier molecular flexibility index (Phi) is 9.96. The molecule has 0 aliphatic carbocycles. The highest BCUT2D eigenvalue weighted by molar-refractivity contribution is 5.85. The van der Waals surface area contributed by atoms with E-state index in [-0.39, 0.29) is 38.4 Å². The number of amides is 1. The van der Waals surface area contributed by atoms with Crippen molar-refractivity contribution < 1.29 is 28.6 Å². The number of carbonyl (C=O) groups is 3. The van der Waals surface area contributed by atoms with Crippen LogP contribution in [0.15, 0.2) is 0 Å². The standard InChI is InChI=1S/C19H31NO6/c1-8-12-24-13-11-15(21)20-14(17(23)26-19(5,6)7)9-10-16(22)25-18(2,3)4/h1,14H,9-13H2,2-7H3,(H,20,21). The summed E-state index contributed by atoms with van der Waals surface area (Å²) in [6.07, 6.45) is 5.17. The lowest BCUT2D eigenvalue weighted by molar-refractivity contribution is -0.160. The zero-order chi connectivity index (χ0) is 20.4. The maximum Gasteiger partial charge on any atom is 0.329 e. The Labute approximate surface area is 156 Å². The van der Waals surface area contributed by atoms with Crippen molar-refractivity contribution in [3.63, 3.8) is 0 Å². The van der Waals surface area contributed by atoms with E-state index in [1.807, 2.05) is 0 Å². The van der Waals surface area contributed by atoms with Crippen molar-refractivity contribution >= 4 is 17.8 Å². The maximum atomic E-state index is 12.3. The van der Waals surface area contributed by atoms with E-state index >= 15 is 0 Å². The third-order valence-electron chi connectivity index (χ3n) is 2.74. The Hall–Kier alpha value is -2.07. The normalized spacial score (nSPS) is 12.7. The van der Waals surface area contributed by atoms with Crippen molar-refractivity contribution in [2.75, 3.05) is 13.2 Å². The molecule has 1 amide bonds. The zero-order valence-corrected chi connectivity index (χ0v) is 16.6. The van der Waals surface area contributed by atoms with Gasteiger partial charge in [0, 0.05) is 6.42 Å². The SMILES string of the molecule is C#CCOCCC(=O)NC(CCC(=O)OC(C)(C)C)C(=O)OC(C)(C)C. The van der Waals surface area contributed by atoms with Crippen molar-refractivity contribution in [3.8, 4) is 12.3 Å². The summed E-state index contributed by atoms with van der Waals surface area (Å²) in [7, 11) is 0. The number of ether oxygens (including phenoxy) is 3. The molecule has 7 nitrogen and oxygen atoms in total. The molecule has 0 aromatic heterocycles. The maximum absolute atomic E-state index is 12.3. The summed E-state index contributed by atoms with van der Waals surface area (Å²) in [6.45, 7) is 10.7. The third kappa shape index (κ3) is 13.2. The van der Waals surface area contributed by atoms with Gasteiger partial charge in [0.2, 0.25) is 5.91 Å². The van der Waals surface area contributed by atoms with Crippen molar-refractivity contribution in [1.82, 2.24) is 5.32 Å². The zero-order valence-electron chi connectivity index (χ0n) is 16.6. The molecule has 0 rings (SSSR count). The summed E-state index contributed by atoms with van der Waals surface area (Å²) in [4.78, 5) is 36.2. The number of esters is 2. The van der Waals surface area contributed by atoms with Crippen LogP contribution >= 0.6 is 0 Å². The topological polar surface area (TPSA) is 90.9 Å². The molecule has 0 aliphatic rings. The van der Waals surface area contributed by atoms with Crippen LogP contribution in [0.25, 0.3) is 0 Å². The summed E-state index contributed by atoms with van der Waals surface area (Å²) in [5.74, 6) is 0.866. The summed E-state index contributed by atoms with van der Waals surface area (Å²) < 4.78 is 15.6. The number of carbonyl (C=O) groups excluding carboxylic acids is 3. The molecular weight excluding hydrogens is 338 g/mol. The van der Waals surface area contributed by atoms with Crippen LogP contribution in [0.2, 0.25) is 0 Å². The number of hydrogen-bond acceptors (Lipinski definition) is 6. The molecule has 26 heavy (non-hydrogen) atoms. The van der Waals surface area contributed by atoms with Crippen molar-refractivity contribution in [1.29, 1.82) is 0 Å². The molecule has 7 heteroatoms. The van der Waals surface area contributed by atoms with Crippen molar-refractivity contribution in [2.45, 2.75) is 78.0 Å². The Bertz CT molecular complexity index is 522. The van der Waals surface area contributed by atoms with Gasteiger partial charge in [0.15, 0.2) is 0 Å². The lowest BCUT2D eigenvalue weighted by atomic mass is 10.1. The molecule has 0 saturated carbocycles. The molecule has 0 fully saturated rings. The van der Waals surface area contributed by atoms with Crippen LogP contribution in [0, 0.1) is 12.3 Å². The van der Waals surface area contributed by atoms with E-state index in [1.54, 1.807) is 41.5 Å².